The maximum Gasteiger partial charge on any atom is 0.273 e. The van der Waals surface area contributed by atoms with Crippen LogP contribution in [0.25, 0.3) is 0 Å². The predicted octanol–water partition coefficient (Wildman–Crippen LogP) is 2.31. The Labute approximate surface area is 170 Å². The maximum absolute atomic E-state index is 12.7. The van der Waals surface area contributed by atoms with Crippen LogP contribution in [0.3, 0.4) is 0 Å². The Balaban J connectivity index is 0.00000280. The molecule has 1 aliphatic rings. The van der Waals surface area contributed by atoms with Crippen molar-refractivity contribution in [1.29, 1.82) is 5.26 Å². The monoisotopic (exact) mass is 402 g/mol. The fourth-order valence-corrected chi connectivity index (χ4v) is 2.81. The van der Waals surface area contributed by atoms with Crippen LogP contribution in [0, 0.1) is 11.3 Å². The van der Waals surface area contributed by atoms with E-state index in [0.717, 1.165) is 12.8 Å². The fourth-order valence-electron chi connectivity index (χ4n) is 2.81. The second-order valence-corrected chi connectivity index (χ2v) is 6.19. The van der Waals surface area contributed by atoms with Gasteiger partial charge in [0.05, 0.1) is 12.2 Å². The van der Waals surface area contributed by atoms with Gasteiger partial charge in [0.1, 0.15) is 11.8 Å². The summed E-state index contributed by atoms with van der Waals surface area (Å²) in [6.07, 6.45) is 5.27. The summed E-state index contributed by atoms with van der Waals surface area (Å²) in [5.41, 5.74) is 0.501. The van der Waals surface area contributed by atoms with Crippen molar-refractivity contribution in [3.63, 3.8) is 0 Å². The Bertz CT molecular complexity index is 833. The molecule has 0 spiro atoms. The first-order valence-corrected chi connectivity index (χ1v) is 9.08. The lowest BCUT2D eigenvalue weighted by molar-refractivity contribution is 0.0740. The van der Waals surface area contributed by atoms with Gasteiger partial charge >= 0.3 is 0 Å². The minimum atomic E-state index is -0.218. The molecule has 3 rings (SSSR count). The number of carbonyl (C=O) groups excluding carboxylic acids is 1. The van der Waals surface area contributed by atoms with Crippen LogP contribution >= 0.6 is 12.4 Å². The summed E-state index contributed by atoms with van der Waals surface area (Å²) in [6.45, 7) is 5.01. The number of anilines is 1. The number of piperazine rings is 1. The summed E-state index contributed by atoms with van der Waals surface area (Å²) in [7, 11) is 0. The smallest absolute Gasteiger partial charge is 0.273 e. The standard InChI is InChI=1S/C19H22N6O2.ClH/c1-2-3-13-27-16-6-8-22-19(23-16)25-11-9-24(10-12-25)18(26)17-15(14-20)5-4-7-21-17;/h4-8H,2-3,9-13H2,1H3;1H. The molecule has 1 fully saturated rings. The van der Waals surface area contributed by atoms with Gasteiger partial charge in [-0.25, -0.2) is 9.97 Å². The first kappa shape index (κ1) is 21.4. The molecule has 0 saturated carbocycles. The number of halogens is 1. The molecule has 1 amide bonds. The highest BCUT2D eigenvalue weighted by Gasteiger charge is 2.25. The number of ether oxygens (including phenoxy) is 1. The van der Waals surface area contributed by atoms with Crippen molar-refractivity contribution >= 4 is 24.3 Å². The van der Waals surface area contributed by atoms with Crippen molar-refractivity contribution in [3.8, 4) is 11.9 Å². The molecule has 2 aromatic rings. The summed E-state index contributed by atoms with van der Waals surface area (Å²) in [4.78, 5) is 29.3. The highest BCUT2D eigenvalue weighted by Crippen LogP contribution is 2.16. The summed E-state index contributed by atoms with van der Waals surface area (Å²) < 4.78 is 5.64. The van der Waals surface area contributed by atoms with Gasteiger partial charge in [0, 0.05) is 44.6 Å². The van der Waals surface area contributed by atoms with Crippen molar-refractivity contribution in [1.82, 2.24) is 19.9 Å². The van der Waals surface area contributed by atoms with Crippen molar-refractivity contribution in [2.24, 2.45) is 0 Å². The van der Waals surface area contributed by atoms with Gasteiger partial charge in [-0.05, 0) is 18.6 Å². The van der Waals surface area contributed by atoms with Gasteiger partial charge in [0.25, 0.3) is 5.91 Å². The molecule has 0 aromatic carbocycles. The van der Waals surface area contributed by atoms with E-state index in [1.54, 1.807) is 29.3 Å². The zero-order chi connectivity index (χ0) is 19.1. The largest absolute Gasteiger partial charge is 0.478 e. The second kappa shape index (κ2) is 10.4. The van der Waals surface area contributed by atoms with Gasteiger partial charge < -0.3 is 14.5 Å². The highest BCUT2D eigenvalue weighted by molar-refractivity contribution is 5.94. The normalized spacial score (nSPS) is 13.4. The number of hydrogen-bond acceptors (Lipinski definition) is 7. The number of nitriles is 1. The number of unbranched alkanes of at least 4 members (excludes halogenated alkanes) is 1. The van der Waals surface area contributed by atoms with E-state index in [9.17, 15) is 4.79 Å². The van der Waals surface area contributed by atoms with Crippen LogP contribution in [0.15, 0.2) is 30.6 Å². The number of nitrogens with zero attached hydrogens (tertiary/aromatic N) is 6. The average molecular weight is 403 g/mol. The number of pyridine rings is 1. The topological polar surface area (TPSA) is 95.2 Å². The van der Waals surface area contributed by atoms with Crippen LogP contribution in [-0.4, -0.2) is 58.5 Å². The third-order valence-corrected chi connectivity index (χ3v) is 4.35. The Morgan fingerprint density at radius 3 is 2.71 bits per heavy atom. The molecule has 3 heterocycles. The van der Waals surface area contributed by atoms with Gasteiger partial charge in [-0.2, -0.15) is 10.2 Å². The van der Waals surface area contributed by atoms with E-state index in [0.29, 0.717) is 50.2 Å². The van der Waals surface area contributed by atoms with E-state index in [1.807, 2.05) is 11.0 Å². The highest BCUT2D eigenvalue weighted by atomic mass is 35.5. The van der Waals surface area contributed by atoms with Gasteiger partial charge in [0.15, 0.2) is 0 Å². The van der Waals surface area contributed by atoms with Crippen molar-refractivity contribution in [2.75, 3.05) is 37.7 Å². The van der Waals surface area contributed by atoms with Crippen LogP contribution in [0.2, 0.25) is 0 Å². The van der Waals surface area contributed by atoms with E-state index < -0.39 is 0 Å². The average Bonchev–Trinajstić information content (AvgIpc) is 2.74. The lowest BCUT2D eigenvalue weighted by Gasteiger charge is -2.34. The van der Waals surface area contributed by atoms with E-state index in [-0.39, 0.29) is 24.0 Å². The number of carbonyl (C=O) groups is 1. The van der Waals surface area contributed by atoms with Gasteiger partial charge in [-0.15, -0.1) is 12.4 Å². The quantitative estimate of drug-likeness (QED) is 0.684. The minimum Gasteiger partial charge on any atom is -0.478 e. The summed E-state index contributed by atoms with van der Waals surface area (Å²) in [5.74, 6) is 0.954. The Kier molecular flexibility index (Phi) is 7.96. The van der Waals surface area contributed by atoms with Crippen molar-refractivity contribution in [2.45, 2.75) is 19.8 Å². The fraction of sp³-hybridized carbons (Fsp3) is 0.421. The van der Waals surface area contributed by atoms with Crippen LogP contribution in [0.5, 0.6) is 5.88 Å². The molecule has 0 atom stereocenters. The Morgan fingerprint density at radius 2 is 2.00 bits per heavy atom. The van der Waals surface area contributed by atoms with E-state index >= 15 is 0 Å². The van der Waals surface area contributed by atoms with Crippen LogP contribution < -0.4 is 9.64 Å². The SMILES string of the molecule is CCCCOc1ccnc(N2CCN(C(=O)c3ncccc3C#N)CC2)n1.Cl. The molecular weight excluding hydrogens is 380 g/mol. The first-order chi connectivity index (χ1) is 13.2. The maximum atomic E-state index is 12.7. The lowest BCUT2D eigenvalue weighted by atomic mass is 10.2. The molecule has 0 N–H and O–H groups in total. The zero-order valence-electron chi connectivity index (χ0n) is 15.7. The Morgan fingerprint density at radius 1 is 1.21 bits per heavy atom. The lowest BCUT2D eigenvalue weighted by Crippen LogP contribution is -2.49. The van der Waals surface area contributed by atoms with Gasteiger partial charge in [-0.1, -0.05) is 13.3 Å². The molecule has 2 aromatic heterocycles. The van der Waals surface area contributed by atoms with Gasteiger partial charge in [-0.3, -0.25) is 4.79 Å². The third-order valence-electron chi connectivity index (χ3n) is 4.35. The Hall–Kier alpha value is -2.92. The minimum absolute atomic E-state index is 0. The zero-order valence-corrected chi connectivity index (χ0v) is 16.6. The molecular formula is C19H23ClN6O2. The first-order valence-electron chi connectivity index (χ1n) is 9.08. The molecule has 28 heavy (non-hydrogen) atoms. The van der Waals surface area contributed by atoms with E-state index in [1.165, 1.54) is 6.20 Å². The van der Waals surface area contributed by atoms with E-state index in [2.05, 4.69) is 21.9 Å². The second-order valence-electron chi connectivity index (χ2n) is 6.19. The molecule has 148 valence electrons. The third kappa shape index (κ3) is 5.08. The molecule has 0 aliphatic carbocycles. The molecule has 0 unspecified atom stereocenters. The molecule has 1 saturated heterocycles. The number of rotatable bonds is 6. The van der Waals surface area contributed by atoms with E-state index in [4.69, 9.17) is 10.00 Å². The van der Waals surface area contributed by atoms with Crippen molar-refractivity contribution in [3.05, 3.63) is 41.9 Å². The van der Waals surface area contributed by atoms with Gasteiger partial charge in [0.2, 0.25) is 11.8 Å². The van der Waals surface area contributed by atoms with Crippen LogP contribution in [0.4, 0.5) is 5.95 Å². The number of aromatic nitrogens is 3. The van der Waals surface area contributed by atoms with Crippen molar-refractivity contribution < 1.29 is 9.53 Å². The molecule has 8 nitrogen and oxygen atoms in total. The van der Waals surface area contributed by atoms with Crippen LogP contribution in [0.1, 0.15) is 35.8 Å². The number of amides is 1. The predicted molar refractivity (Wildman–Crippen MR) is 107 cm³/mol. The summed E-state index contributed by atoms with van der Waals surface area (Å²) >= 11 is 0. The summed E-state index contributed by atoms with van der Waals surface area (Å²) in [6, 6.07) is 7.03. The molecule has 9 heteroatoms. The number of hydrogen-bond donors (Lipinski definition) is 0. The summed E-state index contributed by atoms with van der Waals surface area (Å²) in [5, 5.41) is 9.16. The van der Waals surface area contributed by atoms with Crippen LogP contribution in [-0.2, 0) is 0 Å². The molecule has 0 bridgehead atoms. The molecule has 1 aliphatic heterocycles. The molecule has 0 radical (unpaired) electrons.